The zero-order valence-corrected chi connectivity index (χ0v) is 10.0. The van der Waals surface area contributed by atoms with Crippen molar-refractivity contribution in [2.75, 3.05) is 33.0 Å². The molecule has 1 aromatic rings. The molecule has 0 atom stereocenters. The molecule has 0 unspecified atom stereocenters. The van der Waals surface area contributed by atoms with Crippen molar-refractivity contribution in [1.82, 2.24) is 0 Å². The molecule has 94 valence electrons. The fraction of sp³-hybridized carbons (Fsp3) is 0.538. The molecule has 1 aliphatic heterocycles. The van der Waals surface area contributed by atoms with Crippen LogP contribution in [-0.4, -0.2) is 38.1 Å². The Morgan fingerprint density at radius 3 is 2.18 bits per heavy atom. The van der Waals surface area contributed by atoms with Crippen LogP contribution >= 0.6 is 0 Å². The van der Waals surface area contributed by atoms with Crippen LogP contribution in [0.25, 0.3) is 0 Å². The second-order valence-corrected chi connectivity index (χ2v) is 4.34. The van der Waals surface area contributed by atoms with Gasteiger partial charge in [0.25, 0.3) is 0 Å². The van der Waals surface area contributed by atoms with Crippen molar-refractivity contribution in [2.45, 2.75) is 6.92 Å². The van der Waals surface area contributed by atoms with Gasteiger partial charge in [-0.2, -0.15) is 0 Å². The molecule has 1 fully saturated rings. The minimum Gasteiger partial charge on any atom is -0.494 e. The second kappa shape index (κ2) is 5.38. The van der Waals surface area contributed by atoms with Crippen LogP contribution in [0, 0.1) is 5.41 Å². The smallest absolute Gasteiger partial charge is 0.119 e. The first kappa shape index (κ1) is 12.2. The Labute approximate surface area is 101 Å². The van der Waals surface area contributed by atoms with Crippen molar-refractivity contribution < 1.29 is 19.3 Å². The zero-order chi connectivity index (χ0) is 12.1. The van der Waals surface area contributed by atoms with Crippen molar-refractivity contribution in [1.29, 1.82) is 0 Å². The molecule has 0 saturated carbocycles. The van der Waals surface area contributed by atoms with Gasteiger partial charge in [-0.3, -0.25) is 0 Å². The van der Waals surface area contributed by atoms with E-state index in [0.717, 1.165) is 11.5 Å². The maximum Gasteiger partial charge on any atom is 0.119 e. The normalized spacial score (nSPS) is 17.3. The van der Waals surface area contributed by atoms with Crippen molar-refractivity contribution in [3.8, 4) is 11.5 Å². The van der Waals surface area contributed by atoms with Gasteiger partial charge in [-0.1, -0.05) is 0 Å². The molecular formula is C13H18O4. The number of rotatable bonds is 6. The molecule has 2 rings (SSSR count). The lowest BCUT2D eigenvalue weighted by Crippen LogP contribution is -2.49. The molecule has 4 nitrogen and oxygen atoms in total. The highest BCUT2D eigenvalue weighted by Crippen LogP contribution is 2.28. The summed E-state index contributed by atoms with van der Waals surface area (Å²) in [5.74, 6) is 1.62. The lowest BCUT2D eigenvalue weighted by Gasteiger charge is -2.39. The Morgan fingerprint density at radius 1 is 1.18 bits per heavy atom. The summed E-state index contributed by atoms with van der Waals surface area (Å²) in [6.07, 6.45) is 0. The molecule has 1 saturated heterocycles. The summed E-state index contributed by atoms with van der Waals surface area (Å²) >= 11 is 0. The summed E-state index contributed by atoms with van der Waals surface area (Å²) in [5, 5.41) is 9.25. The SMILES string of the molecule is CCOc1ccc(OCC2(CO)COC2)cc1. The number of aliphatic hydroxyl groups is 1. The quantitative estimate of drug-likeness (QED) is 0.815. The van der Waals surface area contributed by atoms with Crippen LogP contribution in [0.1, 0.15) is 6.92 Å². The molecule has 0 spiro atoms. The Bertz CT molecular complexity index is 337. The number of hydrogen-bond acceptors (Lipinski definition) is 4. The van der Waals surface area contributed by atoms with Gasteiger partial charge in [0.15, 0.2) is 0 Å². The summed E-state index contributed by atoms with van der Waals surface area (Å²) < 4.78 is 16.1. The minimum atomic E-state index is -0.210. The number of benzene rings is 1. The van der Waals surface area contributed by atoms with Gasteiger partial charge in [-0.25, -0.2) is 0 Å². The average Bonchev–Trinajstić information content (AvgIpc) is 2.31. The first-order valence-electron chi connectivity index (χ1n) is 5.82. The van der Waals surface area contributed by atoms with Crippen LogP contribution in [0.3, 0.4) is 0 Å². The Kier molecular flexibility index (Phi) is 3.86. The van der Waals surface area contributed by atoms with E-state index < -0.39 is 0 Å². The maximum atomic E-state index is 9.25. The molecule has 1 N–H and O–H groups in total. The zero-order valence-electron chi connectivity index (χ0n) is 10.0. The first-order valence-corrected chi connectivity index (χ1v) is 5.82. The molecule has 1 aliphatic rings. The largest absolute Gasteiger partial charge is 0.494 e. The monoisotopic (exact) mass is 238 g/mol. The molecule has 0 aliphatic carbocycles. The summed E-state index contributed by atoms with van der Waals surface area (Å²) in [6, 6.07) is 7.49. The van der Waals surface area contributed by atoms with Gasteiger partial charge < -0.3 is 19.3 Å². The maximum absolute atomic E-state index is 9.25. The van der Waals surface area contributed by atoms with E-state index in [1.807, 2.05) is 31.2 Å². The van der Waals surface area contributed by atoms with Crippen LogP contribution in [0.15, 0.2) is 24.3 Å². The lowest BCUT2D eigenvalue weighted by molar-refractivity contribution is -0.153. The fourth-order valence-corrected chi connectivity index (χ4v) is 1.65. The third-order valence-corrected chi connectivity index (χ3v) is 2.83. The van der Waals surface area contributed by atoms with E-state index in [-0.39, 0.29) is 12.0 Å². The van der Waals surface area contributed by atoms with Gasteiger partial charge >= 0.3 is 0 Å². The topological polar surface area (TPSA) is 47.9 Å². The van der Waals surface area contributed by atoms with Crippen molar-refractivity contribution in [3.63, 3.8) is 0 Å². The summed E-state index contributed by atoms with van der Waals surface area (Å²) in [6.45, 7) is 4.33. The van der Waals surface area contributed by atoms with Crippen molar-refractivity contribution >= 4 is 0 Å². The standard InChI is InChI=1S/C13H18O4/c1-2-16-11-3-5-12(6-4-11)17-10-13(7-14)8-15-9-13/h3-6,14H,2,7-10H2,1H3. The fourth-order valence-electron chi connectivity index (χ4n) is 1.65. The van der Waals surface area contributed by atoms with Crippen LogP contribution in [0.4, 0.5) is 0 Å². The summed E-state index contributed by atoms with van der Waals surface area (Å²) in [7, 11) is 0. The van der Waals surface area contributed by atoms with E-state index >= 15 is 0 Å². The van der Waals surface area contributed by atoms with Gasteiger partial charge in [0.1, 0.15) is 18.1 Å². The van der Waals surface area contributed by atoms with Gasteiger partial charge in [0.05, 0.1) is 31.8 Å². The van der Waals surface area contributed by atoms with E-state index in [4.69, 9.17) is 14.2 Å². The number of aliphatic hydroxyl groups excluding tert-OH is 1. The third kappa shape index (κ3) is 2.90. The molecule has 17 heavy (non-hydrogen) atoms. The highest BCUT2D eigenvalue weighted by Gasteiger charge is 2.39. The molecule has 1 aromatic carbocycles. The molecule has 0 radical (unpaired) electrons. The minimum absolute atomic E-state index is 0.101. The summed E-state index contributed by atoms with van der Waals surface area (Å²) in [4.78, 5) is 0. The molecular weight excluding hydrogens is 220 g/mol. The third-order valence-electron chi connectivity index (χ3n) is 2.83. The van der Waals surface area contributed by atoms with Crippen LogP contribution in [-0.2, 0) is 4.74 Å². The predicted octanol–water partition coefficient (Wildman–Crippen LogP) is 1.47. The predicted molar refractivity (Wildman–Crippen MR) is 63.4 cm³/mol. The molecule has 1 heterocycles. The number of hydrogen-bond donors (Lipinski definition) is 1. The van der Waals surface area contributed by atoms with E-state index in [1.165, 1.54) is 0 Å². The lowest BCUT2D eigenvalue weighted by atomic mass is 9.88. The van der Waals surface area contributed by atoms with E-state index in [9.17, 15) is 5.11 Å². The summed E-state index contributed by atoms with van der Waals surface area (Å²) in [5.41, 5.74) is -0.210. The Balaban J connectivity index is 1.86. The van der Waals surface area contributed by atoms with Gasteiger partial charge in [0, 0.05) is 0 Å². The first-order chi connectivity index (χ1) is 8.28. The van der Waals surface area contributed by atoms with E-state index in [1.54, 1.807) is 0 Å². The second-order valence-electron chi connectivity index (χ2n) is 4.34. The van der Waals surface area contributed by atoms with Crippen LogP contribution in [0.5, 0.6) is 11.5 Å². The van der Waals surface area contributed by atoms with Crippen molar-refractivity contribution in [2.24, 2.45) is 5.41 Å². The average molecular weight is 238 g/mol. The van der Waals surface area contributed by atoms with Gasteiger partial charge in [-0.15, -0.1) is 0 Å². The van der Waals surface area contributed by atoms with Crippen LogP contribution < -0.4 is 9.47 Å². The molecule has 0 bridgehead atoms. The molecule has 4 heteroatoms. The Hall–Kier alpha value is -1.26. The van der Waals surface area contributed by atoms with Gasteiger partial charge in [-0.05, 0) is 31.2 Å². The van der Waals surface area contributed by atoms with Crippen LogP contribution in [0.2, 0.25) is 0 Å². The van der Waals surface area contributed by atoms with E-state index in [2.05, 4.69) is 0 Å². The van der Waals surface area contributed by atoms with Crippen molar-refractivity contribution in [3.05, 3.63) is 24.3 Å². The van der Waals surface area contributed by atoms with Gasteiger partial charge in [0.2, 0.25) is 0 Å². The highest BCUT2D eigenvalue weighted by atomic mass is 16.5. The molecule has 0 amide bonds. The molecule has 0 aromatic heterocycles. The Morgan fingerprint density at radius 2 is 1.76 bits per heavy atom. The highest BCUT2D eigenvalue weighted by molar-refractivity contribution is 5.31. The number of ether oxygens (including phenoxy) is 3. The van der Waals surface area contributed by atoms with E-state index in [0.29, 0.717) is 26.4 Å².